The molecule has 1 aromatic heterocycles. The number of ether oxygens (including phenoxy) is 2. The van der Waals surface area contributed by atoms with Crippen molar-refractivity contribution in [2.45, 2.75) is 31.4 Å². The van der Waals surface area contributed by atoms with Crippen LogP contribution in [-0.4, -0.2) is 39.7 Å². The van der Waals surface area contributed by atoms with Crippen molar-refractivity contribution in [3.8, 4) is 0 Å². The van der Waals surface area contributed by atoms with Gasteiger partial charge in [-0.25, -0.2) is 9.78 Å². The molecule has 5 nitrogen and oxygen atoms in total. The Kier molecular flexibility index (Phi) is 5.24. The zero-order valence-electron chi connectivity index (χ0n) is 13.9. The van der Waals surface area contributed by atoms with Crippen LogP contribution < -0.4 is 0 Å². The monoisotopic (exact) mass is 362 g/mol. The van der Waals surface area contributed by atoms with Gasteiger partial charge in [0.05, 0.1) is 25.6 Å². The van der Waals surface area contributed by atoms with Gasteiger partial charge in [0.25, 0.3) is 0 Å². The molecule has 3 rings (SSSR count). The first-order valence-electron chi connectivity index (χ1n) is 8.11. The summed E-state index contributed by atoms with van der Waals surface area (Å²) < 4.78 is 26.6. The molecule has 25 heavy (non-hydrogen) atoms. The van der Waals surface area contributed by atoms with Crippen LogP contribution in [0.4, 0.5) is 4.39 Å². The van der Waals surface area contributed by atoms with Crippen molar-refractivity contribution in [3.05, 3.63) is 53.9 Å². The molecule has 0 saturated carbocycles. The van der Waals surface area contributed by atoms with E-state index in [4.69, 9.17) is 21.7 Å². The van der Waals surface area contributed by atoms with Crippen molar-refractivity contribution in [1.29, 1.82) is 0 Å². The van der Waals surface area contributed by atoms with E-state index >= 15 is 0 Å². The minimum atomic E-state index is -0.901. The van der Waals surface area contributed by atoms with Crippen LogP contribution in [0, 0.1) is 5.95 Å². The van der Waals surface area contributed by atoms with Crippen molar-refractivity contribution in [1.82, 2.24) is 9.55 Å². The fraction of sp³-hybridized carbons (Fsp3) is 0.389. The molecule has 1 saturated heterocycles. The summed E-state index contributed by atoms with van der Waals surface area (Å²) in [5.41, 5.74) is -0.161. The maximum Gasteiger partial charge on any atom is 0.360 e. The van der Waals surface area contributed by atoms with Crippen LogP contribution in [0.1, 0.15) is 41.9 Å². The Morgan fingerprint density at radius 2 is 2.08 bits per heavy atom. The van der Waals surface area contributed by atoms with Gasteiger partial charge in [-0.1, -0.05) is 42.5 Å². The zero-order valence-corrected chi connectivity index (χ0v) is 14.7. The normalized spacial score (nSPS) is 17.7. The second-order valence-corrected chi connectivity index (χ2v) is 6.30. The third-order valence-electron chi connectivity index (χ3n) is 4.49. The SMILES string of the molecule is C[C@H](c1ccccc1)n1cnc(F)c1C(=O)OC1(C=S)CCOCC1. The average molecular weight is 362 g/mol. The van der Waals surface area contributed by atoms with Crippen molar-refractivity contribution in [2.24, 2.45) is 0 Å². The molecule has 0 radical (unpaired) electrons. The lowest BCUT2D eigenvalue weighted by Gasteiger charge is -2.33. The number of thiocarbonyl (C=S) groups is 1. The smallest absolute Gasteiger partial charge is 0.360 e. The van der Waals surface area contributed by atoms with Crippen LogP contribution >= 0.6 is 12.2 Å². The van der Waals surface area contributed by atoms with Gasteiger partial charge in [0.2, 0.25) is 5.95 Å². The summed E-state index contributed by atoms with van der Waals surface area (Å²) in [6.45, 7) is 2.77. The lowest BCUT2D eigenvalue weighted by Crippen LogP contribution is -2.42. The van der Waals surface area contributed by atoms with E-state index < -0.39 is 17.5 Å². The fourth-order valence-corrected chi connectivity index (χ4v) is 3.19. The van der Waals surface area contributed by atoms with Gasteiger partial charge < -0.3 is 14.0 Å². The molecule has 0 amide bonds. The van der Waals surface area contributed by atoms with Crippen molar-refractivity contribution in [3.63, 3.8) is 0 Å². The summed E-state index contributed by atoms with van der Waals surface area (Å²) in [6.07, 6.45) is 2.25. The van der Waals surface area contributed by atoms with Gasteiger partial charge in [-0.3, -0.25) is 0 Å². The third kappa shape index (κ3) is 3.62. The molecule has 2 heterocycles. The zero-order chi connectivity index (χ0) is 17.9. The average Bonchev–Trinajstić information content (AvgIpc) is 3.04. The summed E-state index contributed by atoms with van der Waals surface area (Å²) in [6, 6.07) is 9.23. The molecule has 0 N–H and O–H groups in total. The lowest BCUT2D eigenvalue weighted by molar-refractivity contribution is -0.0411. The summed E-state index contributed by atoms with van der Waals surface area (Å²) in [7, 11) is 0. The van der Waals surface area contributed by atoms with Gasteiger partial charge in [0.1, 0.15) is 5.60 Å². The summed E-state index contributed by atoms with van der Waals surface area (Å²) >= 11 is 5.05. The number of imidazole rings is 1. The third-order valence-corrected chi connectivity index (χ3v) is 4.92. The highest BCUT2D eigenvalue weighted by Crippen LogP contribution is 2.27. The maximum atomic E-state index is 14.2. The minimum absolute atomic E-state index is 0.195. The molecule has 0 aliphatic carbocycles. The van der Waals surface area contributed by atoms with Gasteiger partial charge in [-0.05, 0) is 12.5 Å². The van der Waals surface area contributed by atoms with E-state index in [9.17, 15) is 9.18 Å². The van der Waals surface area contributed by atoms with Crippen LogP contribution in [0.2, 0.25) is 0 Å². The molecule has 1 aliphatic heterocycles. The molecule has 7 heteroatoms. The Bertz CT molecular complexity index is 757. The number of hydrogen-bond donors (Lipinski definition) is 0. The molecule has 0 unspecified atom stereocenters. The highest BCUT2D eigenvalue weighted by molar-refractivity contribution is 7.79. The number of halogens is 1. The lowest BCUT2D eigenvalue weighted by atomic mass is 9.96. The second-order valence-electron chi connectivity index (χ2n) is 6.06. The number of rotatable bonds is 5. The molecular weight excluding hydrogens is 343 g/mol. The Morgan fingerprint density at radius 3 is 2.72 bits per heavy atom. The fourth-order valence-electron chi connectivity index (χ4n) is 2.91. The molecule has 1 aromatic carbocycles. The Morgan fingerprint density at radius 1 is 1.40 bits per heavy atom. The number of carbonyl (C=O) groups excluding carboxylic acids is 1. The first-order valence-corrected chi connectivity index (χ1v) is 8.58. The topological polar surface area (TPSA) is 53.4 Å². The first kappa shape index (κ1) is 17.7. The molecule has 0 spiro atoms. The van der Waals surface area contributed by atoms with Gasteiger partial charge >= 0.3 is 5.97 Å². The van der Waals surface area contributed by atoms with E-state index in [0.29, 0.717) is 26.1 Å². The van der Waals surface area contributed by atoms with Gasteiger partial charge in [-0.15, -0.1) is 0 Å². The highest BCUT2D eigenvalue weighted by atomic mass is 32.1. The van der Waals surface area contributed by atoms with E-state index in [1.165, 1.54) is 16.3 Å². The number of carbonyl (C=O) groups is 1. The Balaban J connectivity index is 1.88. The van der Waals surface area contributed by atoms with E-state index in [-0.39, 0.29) is 11.7 Å². The Hall–Kier alpha value is -2.12. The summed E-state index contributed by atoms with van der Waals surface area (Å²) in [5, 5.41) is 1.44. The Labute approximate surface area is 150 Å². The van der Waals surface area contributed by atoms with Crippen molar-refractivity contribution >= 4 is 23.6 Å². The molecule has 2 aromatic rings. The number of aromatic nitrogens is 2. The molecule has 1 atom stereocenters. The second kappa shape index (κ2) is 7.41. The van der Waals surface area contributed by atoms with E-state index in [2.05, 4.69) is 4.98 Å². The number of benzene rings is 1. The largest absolute Gasteiger partial charge is 0.449 e. The number of nitrogens with zero attached hydrogens (tertiary/aromatic N) is 2. The van der Waals surface area contributed by atoms with Crippen LogP contribution in [0.15, 0.2) is 36.7 Å². The van der Waals surface area contributed by atoms with E-state index in [0.717, 1.165) is 5.56 Å². The summed E-state index contributed by atoms with van der Waals surface area (Å²) in [5.74, 6) is -1.61. The van der Waals surface area contributed by atoms with Crippen LogP contribution in [0.3, 0.4) is 0 Å². The molecular formula is C18H19FN2O3S. The van der Waals surface area contributed by atoms with Crippen LogP contribution in [-0.2, 0) is 9.47 Å². The van der Waals surface area contributed by atoms with Gasteiger partial charge in [-0.2, -0.15) is 4.39 Å². The molecule has 1 aliphatic rings. The van der Waals surface area contributed by atoms with Crippen LogP contribution in [0.5, 0.6) is 0 Å². The minimum Gasteiger partial charge on any atom is -0.449 e. The highest BCUT2D eigenvalue weighted by Gasteiger charge is 2.37. The molecule has 132 valence electrons. The van der Waals surface area contributed by atoms with Crippen molar-refractivity contribution in [2.75, 3.05) is 13.2 Å². The predicted molar refractivity (Wildman–Crippen MR) is 94.3 cm³/mol. The summed E-state index contributed by atoms with van der Waals surface area (Å²) in [4.78, 5) is 16.3. The van der Waals surface area contributed by atoms with Gasteiger partial charge in [0, 0.05) is 18.2 Å². The standard InChI is InChI=1S/C18H19FN2O3S/c1-13(14-5-3-2-4-6-14)21-12-20-16(19)15(21)17(22)24-18(11-25)7-9-23-10-8-18/h2-6,11-13H,7-10H2,1H3/t13-/m1/s1. The first-order chi connectivity index (χ1) is 12.1. The number of hydrogen-bond acceptors (Lipinski definition) is 5. The van der Waals surface area contributed by atoms with E-state index in [1.807, 2.05) is 37.3 Å². The molecule has 1 fully saturated rings. The maximum absolute atomic E-state index is 14.2. The quantitative estimate of drug-likeness (QED) is 0.603. The van der Waals surface area contributed by atoms with Gasteiger partial charge in [0.15, 0.2) is 5.69 Å². The van der Waals surface area contributed by atoms with Crippen LogP contribution in [0.25, 0.3) is 0 Å². The van der Waals surface area contributed by atoms with Crippen molar-refractivity contribution < 1.29 is 18.7 Å². The van der Waals surface area contributed by atoms with E-state index in [1.54, 1.807) is 0 Å². The number of esters is 1. The molecule has 0 bridgehead atoms. The predicted octanol–water partition coefficient (Wildman–Crippen LogP) is 3.34.